The maximum atomic E-state index is 2.57. The van der Waals surface area contributed by atoms with E-state index in [9.17, 15) is 0 Å². The number of rotatable bonds is 4. The summed E-state index contributed by atoms with van der Waals surface area (Å²) in [4.78, 5) is 2.44. The molecule has 216 valence electrons. The van der Waals surface area contributed by atoms with E-state index in [0.717, 1.165) is 0 Å². The quantitative estimate of drug-likeness (QED) is 0.248. The molecule has 0 amide bonds. The molecule has 0 saturated heterocycles. The molecule has 0 spiro atoms. The van der Waals surface area contributed by atoms with Crippen molar-refractivity contribution in [2.45, 2.75) is 0 Å². The summed E-state index contributed by atoms with van der Waals surface area (Å²) >= 11 is 0. The van der Waals surface area contributed by atoms with E-state index in [2.05, 4.69) is 188 Å². The van der Waals surface area contributed by atoms with E-state index in [1.165, 1.54) is 70.8 Å². The van der Waals surface area contributed by atoms with E-state index in [1.54, 1.807) is 0 Å². The zero-order chi connectivity index (χ0) is 30.7. The minimum absolute atomic E-state index is 0.173. The monoisotopic (exact) mass is 601 g/mol. The van der Waals surface area contributed by atoms with E-state index < -0.39 is 8.07 Å². The summed E-state index contributed by atoms with van der Waals surface area (Å²) in [6, 6.07) is 65.9. The summed E-state index contributed by atoms with van der Waals surface area (Å²) in [5.74, 6) is 0. The summed E-state index contributed by atoms with van der Waals surface area (Å²) in [6.07, 6.45) is 0. The zero-order valence-electron chi connectivity index (χ0n) is 25.8. The molecule has 1 nitrogen and oxygen atoms in total. The van der Waals surface area contributed by atoms with Crippen molar-refractivity contribution >= 4 is 63.3 Å². The normalized spacial score (nSPS) is 13.8. The standard InChI is InChI=1S/C43H32BNSi/c1-45-39-26-13-11-24-37(39)44-38-25-12-14-27-41(38)46(35-20-7-3-8-21-35,36-22-9-4-10-23-36)42-30-34(29-40(45)43(42)44)33-19-15-18-32(28-33)31-16-5-2-6-17-31/h2-30H,1H3. The van der Waals surface area contributed by atoms with Gasteiger partial charge in [-0.1, -0.05) is 163 Å². The van der Waals surface area contributed by atoms with Crippen molar-refractivity contribution in [3.8, 4) is 22.3 Å². The van der Waals surface area contributed by atoms with E-state index in [0.29, 0.717) is 0 Å². The molecule has 0 fully saturated rings. The number of anilines is 2. The first kappa shape index (κ1) is 27.0. The number of hydrogen-bond donors (Lipinski definition) is 0. The van der Waals surface area contributed by atoms with Crippen LogP contribution in [0, 0.1) is 0 Å². The molecule has 2 aliphatic heterocycles. The Bertz CT molecular complexity index is 2190. The van der Waals surface area contributed by atoms with Gasteiger partial charge in [0.1, 0.15) is 0 Å². The maximum absolute atomic E-state index is 2.75. The molecule has 0 atom stereocenters. The Morgan fingerprint density at radius 3 is 1.65 bits per heavy atom. The van der Waals surface area contributed by atoms with E-state index in [1.807, 2.05) is 0 Å². The molecule has 9 rings (SSSR count). The third-order valence-electron chi connectivity index (χ3n) is 10.2. The van der Waals surface area contributed by atoms with Crippen LogP contribution < -0.4 is 42.0 Å². The molecule has 0 N–H and O–H groups in total. The molecule has 0 bridgehead atoms. The van der Waals surface area contributed by atoms with Crippen LogP contribution in [0.15, 0.2) is 176 Å². The predicted molar refractivity (Wildman–Crippen MR) is 200 cm³/mol. The molecule has 2 heterocycles. The third kappa shape index (κ3) is 3.88. The van der Waals surface area contributed by atoms with Crippen molar-refractivity contribution in [3.63, 3.8) is 0 Å². The van der Waals surface area contributed by atoms with Gasteiger partial charge in [0, 0.05) is 18.4 Å². The first-order valence-electron chi connectivity index (χ1n) is 16.1. The summed E-state index contributed by atoms with van der Waals surface area (Å²) in [5.41, 5.74) is 11.9. The van der Waals surface area contributed by atoms with Crippen LogP contribution >= 0.6 is 0 Å². The summed E-state index contributed by atoms with van der Waals surface area (Å²) in [7, 11) is -0.498. The Labute approximate surface area is 272 Å². The van der Waals surface area contributed by atoms with Gasteiger partial charge in [-0.3, -0.25) is 0 Å². The summed E-state index contributed by atoms with van der Waals surface area (Å²) in [5, 5.41) is 5.83. The van der Waals surface area contributed by atoms with Gasteiger partial charge in [0.25, 0.3) is 0 Å². The minimum atomic E-state index is -2.75. The first-order chi connectivity index (χ1) is 22.7. The van der Waals surface area contributed by atoms with Crippen molar-refractivity contribution in [1.82, 2.24) is 0 Å². The van der Waals surface area contributed by atoms with E-state index >= 15 is 0 Å². The van der Waals surface area contributed by atoms with Crippen molar-refractivity contribution in [2.75, 3.05) is 11.9 Å². The van der Waals surface area contributed by atoms with E-state index in [4.69, 9.17) is 0 Å². The second-order valence-electron chi connectivity index (χ2n) is 12.5. The van der Waals surface area contributed by atoms with Crippen LogP contribution in [0.1, 0.15) is 0 Å². The highest BCUT2D eigenvalue weighted by Crippen LogP contribution is 2.33. The second-order valence-corrected chi connectivity index (χ2v) is 16.3. The largest absolute Gasteiger partial charge is 0.345 e. The van der Waals surface area contributed by atoms with Crippen molar-refractivity contribution < 1.29 is 0 Å². The third-order valence-corrected chi connectivity index (χ3v) is 15.1. The molecule has 46 heavy (non-hydrogen) atoms. The van der Waals surface area contributed by atoms with Crippen LogP contribution in [0.5, 0.6) is 0 Å². The lowest BCUT2D eigenvalue weighted by Crippen LogP contribution is -2.87. The summed E-state index contributed by atoms with van der Waals surface area (Å²) in [6.45, 7) is 0.173. The highest BCUT2D eigenvalue weighted by Gasteiger charge is 2.52. The van der Waals surface area contributed by atoms with Gasteiger partial charge in [-0.15, -0.1) is 0 Å². The highest BCUT2D eigenvalue weighted by atomic mass is 28.3. The van der Waals surface area contributed by atoms with Gasteiger partial charge < -0.3 is 4.90 Å². The summed E-state index contributed by atoms with van der Waals surface area (Å²) < 4.78 is 0. The molecule has 0 aliphatic carbocycles. The molecule has 7 aromatic rings. The number of hydrogen-bond acceptors (Lipinski definition) is 1. The Hall–Kier alpha value is -5.38. The molecule has 0 radical (unpaired) electrons. The molecular weight excluding hydrogens is 569 g/mol. The van der Waals surface area contributed by atoms with E-state index in [-0.39, 0.29) is 6.71 Å². The molecule has 3 heteroatoms. The average molecular weight is 602 g/mol. The fraction of sp³-hybridized carbons (Fsp3) is 0.0233. The van der Waals surface area contributed by atoms with Gasteiger partial charge in [0.05, 0.1) is 0 Å². The maximum Gasteiger partial charge on any atom is 0.246 e. The van der Waals surface area contributed by atoms with Crippen LogP contribution in [0.3, 0.4) is 0 Å². The lowest BCUT2D eigenvalue weighted by molar-refractivity contribution is 1.22. The van der Waals surface area contributed by atoms with Crippen LogP contribution in [-0.2, 0) is 0 Å². The fourth-order valence-electron chi connectivity index (χ4n) is 8.25. The van der Waals surface area contributed by atoms with Crippen molar-refractivity contribution in [2.24, 2.45) is 0 Å². The highest BCUT2D eigenvalue weighted by molar-refractivity contribution is 7.26. The minimum Gasteiger partial charge on any atom is -0.345 e. The smallest absolute Gasteiger partial charge is 0.246 e. The predicted octanol–water partition coefficient (Wildman–Crippen LogP) is 5.31. The molecular formula is C43H32BNSi. The number of fused-ring (bicyclic) bond motifs is 4. The molecule has 0 aromatic heterocycles. The van der Waals surface area contributed by atoms with Crippen molar-refractivity contribution in [3.05, 3.63) is 176 Å². The van der Waals surface area contributed by atoms with Crippen LogP contribution in [0.25, 0.3) is 22.3 Å². The Morgan fingerprint density at radius 1 is 0.413 bits per heavy atom. The van der Waals surface area contributed by atoms with Crippen molar-refractivity contribution in [1.29, 1.82) is 0 Å². The topological polar surface area (TPSA) is 3.24 Å². The first-order valence-corrected chi connectivity index (χ1v) is 18.1. The zero-order valence-corrected chi connectivity index (χ0v) is 26.8. The number of benzene rings is 7. The molecule has 0 saturated carbocycles. The average Bonchev–Trinajstić information content (AvgIpc) is 3.14. The number of nitrogens with zero attached hydrogens (tertiary/aromatic N) is 1. The van der Waals surface area contributed by atoms with Gasteiger partial charge in [-0.25, -0.2) is 0 Å². The Kier molecular flexibility index (Phi) is 6.22. The van der Waals surface area contributed by atoms with Gasteiger partial charge in [-0.2, -0.15) is 0 Å². The second kappa shape index (κ2) is 10.6. The Morgan fingerprint density at radius 2 is 0.957 bits per heavy atom. The molecule has 0 unspecified atom stereocenters. The SMILES string of the molecule is CN1c2ccccc2B2c3ccccc3[Si](c3ccccc3)(c3ccccc3)c3cc(-c4cccc(-c5ccccc5)c4)cc1c32. The van der Waals surface area contributed by atoms with Crippen LogP contribution in [0.4, 0.5) is 11.4 Å². The Balaban J connectivity index is 1.43. The van der Waals surface area contributed by atoms with Gasteiger partial charge in [0.2, 0.25) is 6.71 Å². The lowest BCUT2D eigenvalue weighted by atomic mass is 9.35. The van der Waals surface area contributed by atoms with Crippen LogP contribution in [0.2, 0.25) is 0 Å². The van der Waals surface area contributed by atoms with Gasteiger partial charge >= 0.3 is 0 Å². The fourth-order valence-corrected chi connectivity index (χ4v) is 13.6. The molecule has 7 aromatic carbocycles. The molecule has 2 aliphatic rings. The van der Waals surface area contributed by atoms with Gasteiger partial charge in [0.15, 0.2) is 8.07 Å². The number of para-hydroxylation sites is 1. The lowest BCUT2D eigenvalue weighted by Gasteiger charge is -2.47. The van der Waals surface area contributed by atoms with Crippen LogP contribution in [-0.4, -0.2) is 21.8 Å². The van der Waals surface area contributed by atoms with Gasteiger partial charge in [-0.05, 0) is 72.1 Å².